The van der Waals surface area contributed by atoms with Gasteiger partial charge in [0.05, 0.1) is 0 Å². The zero-order valence-corrected chi connectivity index (χ0v) is 50.7. The molecule has 0 radical (unpaired) electrons. The molecule has 0 N–H and O–H groups in total. The van der Waals surface area contributed by atoms with Crippen LogP contribution in [0.15, 0.2) is 283 Å². The normalized spacial score (nSPS) is 9.99. The van der Waals surface area contributed by atoms with Gasteiger partial charge in [0, 0.05) is 6.08 Å². The molecule has 0 aliphatic rings. The summed E-state index contributed by atoms with van der Waals surface area (Å²) in [5.74, 6) is 0.115. The largest absolute Gasteiger partial charge is 0.423 e. The van der Waals surface area contributed by atoms with Gasteiger partial charge < -0.3 is 4.74 Å². The third-order valence-electron chi connectivity index (χ3n) is 11.8. The number of hydrogen-bond donors (Lipinski definition) is 0. The molecule has 0 aliphatic heterocycles. The Morgan fingerprint density at radius 3 is 1.27 bits per heavy atom. The molecule has 0 bridgehead atoms. The molecule has 7 rings (SSSR count). The van der Waals surface area contributed by atoms with E-state index in [0.717, 1.165) is 37.3 Å². The molecule has 0 fully saturated rings. The first kappa shape index (κ1) is 71.2. The average molecular weight is 1090 g/mol. The zero-order valence-electron chi connectivity index (χ0n) is 50.7. The van der Waals surface area contributed by atoms with E-state index in [0.29, 0.717) is 5.75 Å². The molecule has 0 atom stereocenters. The SMILES string of the molecule is C=C/C=C/CCc1ccc(C)cc1.C=C/C=C/CCc1cccc(C)c1.C=C/C=C/c1ccc(C)cc1.C=C/C=C/c1cccc(C)c1.C=CC(=O)Oc1ccc(C)cc1.C=Cc1ccc(CCC)cc1.C=Cc1cccc(CCC)c1. The maximum Gasteiger partial charge on any atom is 0.335 e. The van der Waals surface area contributed by atoms with Crippen LogP contribution in [0.25, 0.3) is 24.3 Å². The molecule has 82 heavy (non-hydrogen) atoms. The van der Waals surface area contributed by atoms with Crippen molar-refractivity contribution >= 4 is 30.3 Å². The molecule has 0 spiro atoms. The van der Waals surface area contributed by atoms with Crippen molar-refractivity contribution in [2.24, 2.45) is 0 Å². The zero-order chi connectivity index (χ0) is 60.4. The summed E-state index contributed by atoms with van der Waals surface area (Å²) in [7, 11) is 0. The summed E-state index contributed by atoms with van der Waals surface area (Å²) >= 11 is 0. The van der Waals surface area contributed by atoms with E-state index in [9.17, 15) is 4.79 Å². The van der Waals surface area contributed by atoms with E-state index < -0.39 is 5.97 Å². The number of allylic oxidation sites excluding steroid dienone is 10. The Balaban J connectivity index is 0.000000479. The lowest BCUT2D eigenvalue weighted by molar-refractivity contribution is -0.128. The first-order chi connectivity index (χ1) is 39.7. The van der Waals surface area contributed by atoms with Crippen LogP contribution in [-0.2, 0) is 30.5 Å². The van der Waals surface area contributed by atoms with Crippen LogP contribution in [0.2, 0.25) is 0 Å². The fraction of sp³-hybridized carbons (Fsp3) is 0.188. The van der Waals surface area contributed by atoms with Crippen LogP contribution in [0.4, 0.5) is 0 Å². The van der Waals surface area contributed by atoms with Gasteiger partial charge in [0.15, 0.2) is 0 Å². The predicted octanol–water partition coefficient (Wildman–Crippen LogP) is 22.4. The number of hydrogen-bond acceptors (Lipinski definition) is 2. The quantitative estimate of drug-likeness (QED) is 0.0329. The fourth-order valence-corrected chi connectivity index (χ4v) is 7.35. The third-order valence-corrected chi connectivity index (χ3v) is 11.8. The van der Waals surface area contributed by atoms with Crippen LogP contribution >= 0.6 is 0 Å². The molecular weight excluding hydrogens is 993 g/mol. The smallest absolute Gasteiger partial charge is 0.335 e. The van der Waals surface area contributed by atoms with Crippen molar-refractivity contribution in [2.75, 3.05) is 0 Å². The Kier molecular flexibility index (Phi) is 40.8. The monoisotopic (exact) mass is 1090 g/mol. The molecular formula is C80H94O2. The van der Waals surface area contributed by atoms with Gasteiger partial charge in [-0.15, -0.1) is 0 Å². The van der Waals surface area contributed by atoms with E-state index in [2.05, 4.69) is 245 Å². The number of carbonyl (C=O) groups is 1. The van der Waals surface area contributed by atoms with E-state index in [1.807, 2.05) is 79.8 Å². The van der Waals surface area contributed by atoms with Crippen LogP contribution in [0, 0.1) is 34.6 Å². The van der Waals surface area contributed by atoms with Crippen LogP contribution < -0.4 is 4.74 Å². The van der Waals surface area contributed by atoms with E-state index in [-0.39, 0.29) is 0 Å². The van der Waals surface area contributed by atoms with Crippen molar-refractivity contribution in [2.45, 2.75) is 99.8 Å². The summed E-state index contributed by atoms with van der Waals surface area (Å²) in [6.45, 7) is 40.0. The van der Waals surface area contributed by atoms with Gasteiger partial charge in [-0.3, -0.25) is 0 Å². The van der Waals surface area contributed by atoms with Gasteiger partial charge in [-0.05, 0) is 130 Å². The average Bonchev–Trinajstić information content (AvgIpc) is 3.50. The van der Waals surface area contributed by atoms with Gasteiger partial charge in [0.2, 0.25) is 0 Å². The standard InChI is InChI=1S/2C13H16.2C11H12.2C11H14.C10H10O2/c1-3-4-5-6-9-13-10-7-8-12(2)11-13;1-3-4-5-6-7-13-10-8-12(2)9-11-13;1-3-4-7-11-8-5-6-10(2)9-11;1-3-4-5-11-8-6-10(2)7-9-11;1-3-6-11-8-5-7-10(4-2)9-11;1-3-5-11-8-6-10(4-2)7-9-11;1-3-10(11)12-9-6-4-8(2)5-7-9/h3-5,7-8,10-11H,1,6,9H2,2H3;3-5,8-11H,1,6-7H2,2H3;2*3-9H,1H2,2H3;4-5,7-9H,2-3,6H2,1H3;4,6-9H,2-3,5H2,1H3;3-7H,1H2,2H3/b2*5-4+;7-4+;5-4+;;;. The number of esters is 1. The minimum atomic E-state index is -0.432. The first-order valence-electron chi connectivity index (χ1n) is 28.5. The number of ether oxygens (including phenoxy) is 1. The lowest BCUT2D eigenvalue weighted by Gasteiger charge is -2.00. The maximum absolute atomic E-state index is 10.7. The highest BCUT2D eigenvalue weighted by molar-refractivity contribution is 5.83. The predicted molar refractivity (Wildman–Crippen MR) is 367 cm³/mol. The lowest BCUT2D eigenvalue weighted by atomic mass is 10.1. The number of aryl methyl sites for hydroxylation is 9. The van der Waals surface area contributed by atoms with Crippen LogP contribution in [0.3, 0.4) is 0 Å². The lowest BCUT2D eigenvalue weighted by Crippen LogP contribution is -2.02. The van der Waals surface area contributed by atoms with Crippen molar-refractivity contribution in [3.05, 3.63) is 355 Å². The van der Waals surface area contributed by atoms with E-state index in [4.69, 9.17) is 4.74 Å². The van der Waals surface area contributed by atoms with Crippen molar-refractivity contribution < 1.29 is 9.53 Å². The highest BCUT2D eigenvalue weighted by Gasteiger charge is 1.98. The van der Waals surface area contributed by atoms with Crippen molar-refractivity contribution in [3.63, 3.8) is 0 Å². The van der Waals surface area contributed by atoms with Gasteiger partial charge in [-0.2, -0.15) is 0 Å². The van der Waals surface area contributed by atoms with Crippen molar-refractivity contribution in [3.8, 4) is 5.75 Å². The molecule has 0 aromatic heterocycles. The van der Waals surface area contributed by atoms with Gasteiger partial charge in [0.25, 0.3) is 0 Å². The Morgan fingerprint density at radius 2 is 0.780 bits per heavy atom. The van der Waals surface area contributed by atoms with Gasteiger partial charge >= 0.3 is 5.97 Å². The molecule has 0 saturated heterocycles. The van der Waals surface area contributed by atoms with Crippen LogP contribution in [0.1, 0.15) is 112 Å². The summed E-state index contributed by atoms with van der Waals surface area (Å²) in [5.41, 5.74) is 16.9. The van der Waals surface area contributed by atoms with Gasteiger partial charge in [-0.25, -0.2) is 4.79 Å². The van der Waals surface area contributed by atoms with E-state index in [1.165, 1.54) is 92.4 Å². The highest BCUT2D eigenvalue weighted by atomic mass is 16.5. The highest BCUT2D eigenvalue weighted by Crippen LogP contribution is 2.13. The van der Waals surface area contributed by atoms with Crippen LogP contribution in [-0.4, -0.2) is 5.97 Å². The van der Waals surface area contributed by atoms with Gasteiger partial charge in [0.1, 0.15) is 5.75 Å². The molecule has 2 heteroatoms. The molecule has 7 aromatic rings. The van der Waals surface area contributed by atoms with E-state index >= 15 is 0 Å². The Morgan fingerprint density at radius 1 is 0.378 bits per heavy atom. The molecule has 0 amide bonds. The number of benzene rings is 7. The summed E-state index contributed by atoms with van der Waals surface area (Å²) in [4.78, 5) is 10.7. The molecule has 426 valence electrons. The second-order valence-electron chi connectivity index (χ2n) is 19.2. The Hall–Kier alpha value is -8.85. The fourth-order valence-electron chi connectivity index (χ4n) is 7.35. The minimum Gasteiger partial charge on any atom is -0.423 e. The topological polar surface area (TPSA) is 26.3 Å². The van der Waals surface area contributed by atoms with Crippen molar-refractivity contribution in [1.29, 1.82) is 0 Å². The number of rotatable bonds is 20. The summed E-state index contributed by atoms with van der Waals surface area (Å²) in [5, 5.41) is 0. The summed E-state index contributed by atoms with van der Waals surface area (Å²) in [6.07, 6.45) is 37.5. The molecule has 0 heterocycles. The Bertz CT molecular complexity index is 3010. The van der Waals surface area contributed by atoms with Gasteiger partial charge in [-0.1, -0.05) is 343 Å². The molecule has 7 aromatic carbocycles. The summed E-state index contributed by atoms with van der Waals surface area (Å²) < 4.78 is 4.86. The maximum atomic E-state index is 10.7. The minimum absolute atomic E-state index is 0.432. The second kappa shape index (κ2) is 47.0. The molecule has 0 aliphatic carbocycles. The van der Waals surface area contributed by atoms with Crippen LogP contribution in [0.5, 0.6) is 5.75 Å². The molecule has 0 saturated carbocycles. The number of carbonyl (C=O) groups excluding carboxylic acids is 1. The second-order valence-corrected chi connectivity index (χ2v) is 19.2. The molecule has 2 nitrogen and oxygen atoms in total. The molecule has 0 unspecified atom stereocenters. The summed E-state index contributed by atoms with van der Waals surface area (Å²) in [6, 6.07) is 58.4. The third kappa shape index (κ3) is 37.1. The first-order valence-corrected chi connectivity index (χ1v) is 28.5. The van der Waals surface area contributed by atoms with Crippen molar-refractivity contribution in [1.82, 2.24) is 0 Å². The Labute approximate surface area is 497 Å². The van der Waals surface area contributed by atoms with E-state index in [1.54, 1.807) is 24.3 Å².